The van der Waals surface area contributed by atoms with Crippen molar-refractivity contribution in [1.82, 2.24) is 0 Å². The van der Waals surface area contributed by atoms with Crippen molar-refractivity contribution < 1.29 is 4.92 Å². The molecule has 0 amide bonds. The van der Waals surface area contributed by atoms with Gasteiger partial charge in [-0.15, -0.1) is 0 Å². The fourth-order valence-electron chi connectivity index (χ4n) is 1.43. The third-order valence-electron chi connectivity index (χ3n) is 2.40. The van der Waals surface area contributed by atoms with Gasteiger partial charge in [-0.3, -0.25) is 10.1 Å². The number of nitrogens with two attached hydrogens (primary N) is 1. The van der Waals surface area contributed by atoms with Crippen molar-refractivity contribution in [3.63, 3.8) is 0 Å². The number of non-ortho nitro benzene ring substituents is 1. The van der Waals surface area contributed by atoms with Crippen LogP contribution < -0.4 is 5.73 Å². The minimum atomic E-state index is -0.401. The van der Waals surface area contributed by atoms with E-state index in [9.17, 15) is 10.1 Å². The van der Waals surface area contributed by atoms with Crippen LogP contribution in [0.5, 0.6) is 0 Å². The van der Waals surface area contributed by atoms with Gasteiger partial charge in [0.2, 0.25) is 0 Å². The second-order valence-corrected chi connectivity index (χ2v) is 3.60. The van der Waals surface area contributed by atoms with E-state index in [0.717, 1.165) is 24.8 Å². The Labute approximate surface area is 89.2 Å². The zero-order valence-corrected chi connectivity index (χ0v) is 8.85. The SMILES string of the molecule is CCCCC(N)c1ccc([N+](=O)[O-])cc1. The Morgan fingerprint density at radius 3 is 2.47 bits per heavy atom. The molecule has 0 heterocycles. The Morgan fingerprint density at radius 1 is 1.40 bits per heavy atom. The van der Waals surface area contributed by atoms with E-state index in [1.54, 1.807) is 12.1 Å². The van der Waals surface area contributed by atoms with Crippen molar-refractivity contribution in [3.05, 3.63) is 39.9 Å². The largest absolute Gasteiger partial charge is 0.324 e. The summed E-state index contributed by atoms with van der Waals surface area (Å²) in [5, 5.41) is 10.4. The van der Waals surface area contributed by atoms with Gasteiger partial charge in [0, 0.05) is 18.2 Å². The number of nitro groups is 1. The number of rotatable bonds is 5. The zero-order valence-electron chi connectivity index (χ0n) is 8.85. The molecule has 4 nitrogen and oxygen atoms in total. The predicted molar refractivity (Wildman–Crippen MR) is 59.5 cm³/mol. The molecule has 0 aliphatic heterocycles. The Hall–Kier alpha value is -1.42. The summed E-state index contributed by atoms with van der Waals surface area (Å²) in [6.07, 6.45) is 3.12. The first kappa shape index (κ1) is 11.7. The van der Waals surface area contributed by atoms with Crippen LogP contribution >= 0.6 is 0 Å². The molecule has 0 bridgehead atoms. The van der Waals surface area contributed by atoms with Crippen LogP contribution in [0.4, 0.5) is 5.69 Å². The zero-order chi connectivity index (χ0) is 11.3. The Bertz CT molecular complexity index is 322. The fraction of sp³-hybridized carbons (Fsp3) is 0.455. The van der Waals surface area contributed by atoms with Gasteiger partial charge in [-0.2, -0.15) is 0 Å². The summed E-state index contributed by atoms with van der Waals surface area (Å²) in [5.41, 5.74) is 7.02. The molecule has 0 aliphatic carbocycles. The van der Waals surface area contributed by atoms with E-state index in [1.807, 2.05) is 0 Å². The maximum absolute atomic E-state index is 10.4. The molecule has 2 N–H and O–H groups in total. The van der Waals surface area contributed by atoms with Crippen LogP contribution in [0.1, 0.15) is 37.8 Å². The van der Waals surface area contributed by atoms with E-state index in [4.69, 9.17) is 5.73 Å². The number of nitro benzene ring substituents is 1. The summed E-state index contributed by atoms with van der Waals surface area (Å²) < 4.78 is 0. The van der Waals surface area contributed by atoms with Crippen LogP contribution in [0.3, 0.4) is 0 Å². The number of benzene rings is 1. The van der Waals surface area contributed by atoms with Gasteiger partial charge in [-0.25, -0.2) is 0 Å². The third-order valence-corrected chi connectivity index (χ3v) is 2.40. The lowest BCUT2D eigenvalue weighted by Crippen LogP contribution is -2.09. The van der Waals surface area contributed by atoms with E-state index in [0.29, 0.717) is 0 Å². The van der Waals surface area contributed by atoms with Crippen LogP contribution in [0.15, 0.2) is 24.3 Å². The molecule has 0 saturated carbocycles. The van der Waals surface area contributed by atoms with Gasteiger partial charge in [0.1, 0.15) is 0 Å². The number of hydrogen-bond donors (Lipinski definition) is 1. The van der Waals surface area contributed by atoms with Gasteiger partial charge in [0.15, 0.2) is 0 Å². The number of unbranched alkanes of at least 4 members (excludes halogenated alkanes) is 1. The van der Waals surface area contributed by atoms with E-state index in [1.165, 1.54) is 12.1 Å². The van der Waals surface area contributed by atoms with Gasteiger partial charge >= 0.3 is 0 Å². The topological polar surface area (TPSA) is 69.2 Å². The maximum Gasteiger partial charge on any atom is 0.269 e. The highest BCUT2D eigenvalue weighted by molar-refractivity contribution is 5.34. The summed E-state index contributed by atoms with van der Waals surface area (Å²) in [5.74, 6) is 0. The van der Waals surface area contributed by atoms with Crippen molar-refractivity contribution in [2.24, 2.45) is 5.73 Å². The predicted octanol–water partition coefficient (Wildman–Crippen LogP) is 2.78. The second-order valence-electron chi connectivity index (χ2n) is 3.60. The Kier molecular flexibility index (Phi) is 4.24. The summed E-state index contributed by atoms with van der Waals surface area (Å²) >= 11 is 0. The van der Waals surface area contributed by atoms with Crippen molar-refractivity contribution >= 4 is 5.69 Å². The maximum atomic E-state index is 10.4. The Balaban J connectivity index is 2.66. The van der Waals surface area contributed by atoms with E-state index in [2.05, 4.69) is 6.92 Å². The second kappa shape index (κ2) is 5.46. The summed E-state index contributed by atoms with van der Waals surface area (Å²) in [4.78, 5) is 10.0. The average Bonchev–Trinajstić information content (AvgIpc) is 2.26. The smallest absolute Gasteiger partial charge is 0.269 e. The third kappa shape index (κ3) is 3.32. The van der Waals surface area contributed by atoms with Gasteiger partial charge in [0.25, 0.3) is 5.69 Å². The first-order chi connectivity index (χ1) is 7.15. The minimum absolute atomic E-state index is 0.00856. The number of nitrogens with zero attached hydrogens (tertiary/aromatic N) is 1. The lowest BCUT2D eigenvalue weighted by atomic mass is 10.0. The lowest BCUT2D eigenvalue weighted by molar-refractivity contribution is -0.384. The van der Waals surface area contributed by atoms with Crippen molar-refractivity contribution in [1.29, 1.82) is 0 Å². The monoisotopic (exact) mass is 208 g/mol. The van der Waals surface area contributed by atoms with Crippen LogP contribution in [0.25, 0.3) is 0 Å². The summed E-state index contributed by atoms with van der Waals surface area (Å²) in [6.45, 7) is 2.11. The standard InChI is InChI=1S/C11H16N2O2/c1-2-3-4-11(12)9-5-7-10(8-6-9)13(14)15/h5-8,11H,2-4,12H2,1H3. The normalized spacial score (nSPS) is 12.4. The average molecular weight is 208 g/mol. The van der Waals surface area contributed by atoms with Crippen LogP contribution in [0, 0.1) is 10.1 Å². The summed E-state index contributed by atoms with van der Waals surface area (Å²) in [7, 11) is 0. The van der Waals surface area contributed by atoms with Crippen molar-refractivity contribution in [2.75, 3.05) is 0 Å². The van der Waals surface area contributed by atoms with Crippen LogP contribution in [0.2, 0.25) is 0 Å². The van der Waals surface area contributed by atoms with Crippen molar-refractivity contribution in [3.8, 4) is 0 Å². The quantitative estimate of drug-likeness (QED) is 0.597. The molecule has 0 fully saturated rings. The first-order valence-electron chi connectivity index (χ1n) is 5.15. The van der Waals surface area contributed by atoms with Gasteiger partial charge in [-0.1, -0.05) is 31.9 Å². The molecule has 0 radical (unpaired) electrons. The minimum Gasteiger partial charge on any atom is -0.324 e. The first-order valence-corrected chi connectivity index (χ1v) is 5.15. The highest BCUT2D eigenvalue weighted by atomic mass is 16.6. The molecule has 0 spiro atoms. The molecule has 0 aromatic heterocycles. The number of hydrogen-bond acceptors (Lipinski definition) is 3. The molecule has 15 heavy (non-hydrogen) atoms. The van der Waals surface area contributed by atoms with Gasteiger partial charge in [0.05, 0.1) is 4.92 Å². The molecule has 1 atom stereocenters. The van der Waals surface area contributed by atoms with Gasteiger partial charge in [-0.05, 0) is 12.0 Å². The summed E-state index contributed by atoms with van der Waals surface area (Å²) in [6, 6.07) is 6.46. The van der Waals surface area contributed by atoms with E-state index >= 15 is 0 Å². The molecule has 0 aliphatic rings. The molecular weight excluding hydrogens is 192 g/mol. The fourth-order valence-corrected chi connectivity index (χ4v) is 1.43. The molecule has 1 aromatic rings. The van der Waals surface area contributed by atoms with Crippen LogP contribution in [-0.4, -0.2) is 4.92 Å². The van der Waals surface area contributed by atoms with Gasteiger partial charge < -0.3 is 5.73 Å². The van der Waals surface area contributed by atoms with E-state index < -0.39 is 4.92 Å². The highest BCUT2D eigenvalue weighted by Gasteiger charge is 2.08. The molecule has 1 rings (SSSR count). The highest BCUT2D eigenvalue weighted by Crippen LogP contribution is 2.19. The van der Waals surface area contributed by atoms with Crippen LogP contribution in [-0.2, 0) is 0 Å². The molecule has 82 valence electrons. The van der Waals surface area contributed by atoms with E-state index in [-0.39, 0.29) is 11.7 Å². The molecular formula is C11H16N2O2. The Morgan fingerprint density at radius 2 is 2.00 bits per heavy atom. The molecule has 4 heteroatoms. The molecule has 0 saturated heterocycles. The molecule has 1 unspecified atom stereocenters. The lowest BCUT2D eigenvalue weighted by Gasteiger charge is -2.10. The molecule has 1 aromatic carbocycles. The van der Waals surface area contributed by atoms with Crippen molar-refractivity contribution in [2.45, 2.75) is 32.2 Å².